The highest BCUT2D eigenvalue weighted by Gasteiger charge is 2.11. The summed E-state index contributed by atoms with van der Waals surface area (Å²) in [6.07, 6.45) is 1.62. The second-order valence-electron chi connectivity index (χ2n) is 5.43. The Morgan fingerprint density at radius 3 is 2.75 bits per heavy atom. The molecule has 0 aliphatic heterocycles. The number of nitrogens with one attached hydrogen (secondary N) is 1. The van der Waals surface area contributed by atoms with Crippen LogP contribution in [-0.2, 0) is 0 Å². The molecule has 0 fully saturated rings. The second-order valence-corrected chi connectivity index (χ2v) is 7.41. The van der Waals surface area contributed by atoms with E-state index in [-0.39, 0.29) is 5.91 Å². The van der Waals surface area contributed by atoms with Gasteiger partial charge in [-0.05, 0) is 48.6 Å². The molecule has 0 radical (unpaired) electrons. The van der Waals surface area contributed by atoms with Gasteiger partial charge in [0.1, 0.15) is 22.2 Å². The van der Waals surface area contributed by atoms with Crippen LogP contribution in [0.15, 0.2) is 41.9 Å². The fourth-order valence-corrected chi connectivity index (χ4v) is 3.97. The predicted octanol–water partition coefficient (Wildman–Crippen LogP) is 4.30. The number of hydrogen-bond acceptors (Lipinski definition) is 5. The Kier molecular flexibility index (Phi) is 5.27. The van der Waals surface area contributed by atoms with Crippen LogP contribution in [0.3, 0.4) is 0 Å². The minimum absolute atomic E-state index is 0.112. The molecule has 0 saturated carbocycles. The molecule has 0 unspecified atom stereocenters. The van der Waals surface area contributed by atoms with Gasteiger partial charge in [0.25, 0.3) is 5.91 Å². The van der Waals surface area contributed by atoms with Crippen LogP contribution in [0.4, 0.5) is 0 Å². The lowest BCUT2D eigenvalue weighted by atomic mass is 10.1. The summed E-state index contributed by atoms with van der Waals surface area (Å²) in [5.74, 6) is 0.721. The number of carbonyl (C=O) groups is 1. The van der Waals surface area contributed by atoms with Crippen molar-refractivity contribution in [3.05, 3.63) is 57.9 Å². The maximum atomic E-state index is 12.2. The summed E-state index contributed by atoms with van der Waals surface area (Å²) in [6.45, 7) is 4.97. The first kappa shape index (κ1) is 16.7. The van der Waals surface area contributed by atoms with Gasteiger partial charge in [-0.2, -0.15) is 0 Å². The zero-order valence-electron chi connectivity index (χ0n) is 13.5. The lowest BCUT2D eigenvalue weighted by Gasteiger charge is -2.08. The van der Waals surface area contributed by atoms with Crippen molar-refractivity contribution < 1.29 is 9.53 Å². The number of aromatic nitrogens is 1. The fraction of sp³-hybridized carbons (Fsp3) is 0.222. The van der Waals surface area contributed by atoms with Gasteiger partial charge in [0.05, 0.1) is 17.6 Å². The third-order valence-corrected chi connectivity index (χ3v) is 5.35. The molecule has 124 valence electrons. The Bertz CT molecular complexity index is 805. The van der Waals surface area contributed by atoms with E-state index in [2.05, 4.69) is 16.4 Å². The number of carbonyl (C=O) groups excluding carboxylic acids is 1. The normalized spacial score (nSPS) is 10.6. The number of aryl methyl sites for hydroxylation is 2. The number of thiophene rings is 1. The molecule has 1 aromatic carbocycles. The van der Waals surface area contributed by atoms with Crippen molar-refractivity contribution in [1.82, 2.24) is 10.3 Å². The summed E-state index contributed by atoms with van der Waals surface area (Å²) in [5.41, 5.74) is 2.33. The average Bonchev–Trinajstić information content (AvgIpc) is 3.20. The fourth-order valence-electron chi connectivity index (χ4n) is 2.33. The van der Waals surface area contributed by atoms with Crippen LogP contribution in [0.25, 0.3) is 9.88 Å². The Hall–Kier alpha value is -2.18. The molecule has 3 rings (SSSR count). The number of amides is 1. The third-order valence-electron chi connectivity index (χ3n) is 3.31. The summed E-state index contributed by atoms with van der Waals surface area (Å²) in [4.78, 5) is 18.2. The van der Waals surface area contributed by atoms with Gasteiger partial charge in [0.15, 0.2) is 0 Å². The molecule has 2 heterocycles. The van der Waals surface area contributed by atoms with Crippen LogP contribution in [-0.4, -0.2) is 24.0 Å². The van der Waals surface area contributed by atoms with E-state index in [1.54, 1.807) is 17.5 Å². The van der Waals surface area contributed by atoms with Crippen molar-refractivity contribution in [3.63, 3.8) is 0 Å². The van der Waals surface area contributed by atoms with Crippen molar-refractivity contribution in [1.29, 1.82) is 0 Å². The maximum absolute atomic E-state index is 12.2. The predicted molar refractivity (Wildman–Crippen MR) is 99.2 cm³/mol. The standard InChI is InChI=1S/C18H18N2O2S2/c1-12-8-13(2)10-14(9-12)22-6-5-19-17(21)16-11-20-18(24-16)15-4-3-7-23-15/h3-4,7-11H,5-6H2,1-2H3,(H,19,21). The van der Waals surface area contributed by atoms with Crippen LogP contribution < -0.4 is 10.1 Å². The van der Waals surface area contributed by atoms with Crippen molar-refractivity contribution in [3.8, 4) is 15.6 Å². The van der Waals surface area contributed by atoms with Crippen molar-refractivity contribution in [2.75, 3.05) is 13.2 Å². The minimum atomic E-state index is -0.112. The molecule has 0 aliphatic carbocycles. The van der Waals surface area contributed by atoms with E-state index in [4.69, 9.17) is 4.74 Å². The molecule has 0 saturated heterocycles. The minimum Gasteiger partial charge on any atom is -0.492 e. The van der Waals surface area contributed by atoms with E-state index < -0.39 is 0 Å². The van der Waals surface area contributed by atoms with Crippen molar-refractivity contribution in [2.24, 2.45) is 0 Å². The van der Waals surface area contributed by atoms with Crippen molar-refractivity contribution in [2.45, 2.75) is 13.8 Å². The molecule has 0 atom stereocenters. The molecule has 0 bridgehead atoms. The van der Waals surface area contributed by atoms with Gasteiger partial charge in [-0.1, -0.05) is 12.1 Å². The first-order valence-corrected chi connectivity index (χ1v) is 9.30. The van der Waals surface area contributed by atoms with E-state index >= 15 is 0 Å². The number of rotatable bonds is 6. The SMILES string of the molecule is Cc1cc(C)cc(OCCNC(=O)c2cnc(-c3cccs3)s2)c1. The highest BCUT2D eigenvalue weighted by molar-refractivity contribution is 7.21. The molecular formula is C18H18N2O2S2. The molecule has 1 N–H and O–H groups in total. The summed E-state index contributed by atoms with van der Waals surface area (Å²) in [7, 11) is 0. The largest absolute Gasteiger partial charge is 0.492 e. The van der Waals surface area contributed by atoms with E-state index in [0.29, 0.717) is 18.0 Å². The quantitative estimate of drug-likeness (QED) is 0.669. The van der Waals surface area contributed by atoms with Gasteiger partial charge in [-0.3, -0.25) is 4.79 Å². The summed E-state index contributed by atoms with van der Waals surface area (Å²) in [6, 6.07) is 10.1. The molecule has 3 aromatic rings. The molecule has 24 heavy (non-hydrogen) atoms. The number of nitrogens with zero attached hydrogens (tertiary/aromatic N) is 1. The lowest BCUT2D eigenvalue weighted by molar-refractivity contribution is 0.0951. The Labute approximate surface area is 149 Å². The molecule has 6 heteroatoms. The Morgan fingerprint density at radius 1 is 1.25 bits per heavy atom. The number of hydrogen-bond donors (Lipinski definition) is 1. The van der Waals surface area contributed by atoms with E-state index in [1.807, 2.05) is 43.5 Å². The number of ether oxygens (including phenoxy) is 1. The molecule has 2 aromatic heterocycles. The smallest absolute Gasteiger partial charge is 0.263 e. The first-order valence-electron chi connectivity index (χ1n) is 7.61. The zero-order chi connectivity index (χ0) is 16.9. The summed E-state index contributed by atoms with van der Waals surface area (Å²) >= 11 is 3.02. The van der Waals surface area contributed by atoms with Gasteiger partial charge in [0.2, 0.25) is 0 Å². The van der Waals surface area contributed by atoms with E-state index in [9.17, 15) is 4.79 Å². The molecule has 4 nitrogen and oxygen atoms in total. The molecule has 0 spiro atoms. The van der Waals surface area contributed by atoms with Crippen LogP contribution in [0.5, 0.6) is 5.75 Å². The van der Waals surface area contributed by atoms with Crippen molar-refractivity contribution >= 4 is 28.6 Å². The second kappa shape index (κ2) is 7.59. The monoisotopic (exact) mass is 358 g/mol. The summed E-state index contributed by atoms with van der Waals surface area (Å²) < 4.78 is 5.69. The van der Waals surface area contributed by atoms with Gasteiger partial charge >= 0.3 is 0 Å². The molecule has 0 aliphatic rings. The number of benzene rings is 1. The van der Waals surface area contributed by atoms with Crippen LogP contribution in [0.2, 0.25) is 0 Å². The van der Waals surface area contributed by atoms with E-state index in [1.165, 1.54) is 22.5 Å². The lowest BCUT2D eigenvalue weighted by Crippen LogP contribution is -2.27. The van der Waals surface area contributed by atoms with Gasteiger partial charge in [-0.15, -0.1) is 22.7 Å². The van der Waals surface area contributed by atoms with Gasteiger partial charge in [0, 0.05) is 0 Å². The topological polar surface area (TPSA) is 51.2 Å². The zero-order valence-corrected chi connectivity index (χ0v) is 15.2. The summed E-state index contributed by atoms with van der Waals surface area (Å²) in [5, 5.41) is 5.74. The third kappa shape index (κ3) is 4.21. The van der Waals surface area contributed by atoms with Gasteiger partial charge in [-0.25, -0.2) is 4.98 Å². The highest BCUT2D eigenvalue weighted by Crippen LogP contribution is 2.28. The van der Waals surface area contributed by atoms with Crippen LogP contribution in [0.1, 0.15) is 20.8 Å². The Balaban J connectivity index is 1.49. The molecule has 1 amide bonds. The first-order chi connectivity index (χ1) is 11.6. The van der Waals surface area contributed by atoms with Gasteiger partial charge < -0.3 is 10.1 Å². The van der Waals surface area contributed by atoms with Crippen LogP contribution >= 0.6 is 22.7 Å². The number of thiazole rings is 1. The molecular weight excluding hydrogens is 340 g/mol. The van der Waals surface area contributed by atoms with Crippen LogP contribution in [0, 0.1) is 13.8 Å². The maximum Gasteiger partial charge on any atom is 0.263 e. The van der Waals surface area contributed by atoms with E-state index in [0.717, 1.165) is 15.6 Å². The average molecular weight is 358 g/mol. The highest BCUT2D eigenvalue weighted by atomic mass is 32.1. The Morgan fingerprint density at radius 2 is 2.04 bits per heavy atom.